The highest BCUT2D eigenvalue weighted by Gasteiger charge is 2.59. The monoisotopic (exact) mass is 233 g/mol. The van der Waals surface area contributed by atoms with E-state index >= 15 is 0 Å². The van der Waals surface area contributed by atoms with Crippen LogP contribution in [0.3, 0.4) is 0 Å². The van der Waals surface area contributed by atoms with Gasteiger partial charge in [0.2, 0.25) is 0 Å². The molecule has 3 nitrogen and oxygen atoms in total. The normalized spacial score (nSPS) is 33.9. The summed E-state index contributed by atoms with van der Waals surface area (Å²) in [4.78, 5) is 0. The fourth-order valence-corrected chi connectivity index (χ4v) is 3.35. The Morgan fingerprint density at radius 1 is 1.29 bits per heavy atom. The number of aromatic hydroxyl groups is 1. The van der Waals surface area contributed by atoms with Crippen LogP contribution < -0.4 is 5.32 Å². The number of rotatable bonds is 2. The van der Waals surface area contributed by atoms with Crippen LogP contribution in [-0.2, 0) is 4.74 Å². The first-order chi connectivity index (χ1) is 8.09. The maximum absolute atomic E-state index is 9.27. The summed E-state index contributed by atoms with van der Waals surface area (Å²) in [7, 11) is 0. The molecule has 0 spiro atoms. The third-order valence-electron chi connectivity index (χ3n) is 4.29. The number of phenols is 1. The van der Waals surface area contributed by atoms with Crippen LogP contribution in [0.5, 0.6) is 5.75 Å². The molecule has 1 saturated carbocycles. The zero-order valence-corrected chi connectivity index (χ0v) is 10.3. The van der Waals surface area contributed by atoms with Crippen molar-refractivity contribution in [3.05, 3.63) is 24.3 Å². The largest absolute Gasteiger partial charge is 0.508 e. The molecule has 2 aliphatic rings. The molecule has 1 aliphatic heterocycles. The zero-order valence-electron chi connectivity index (χ0n) is 10.3. The van der Waals surface area contributed by atoms with E-state index < -0.39 is 0 Å². The van der Waals surface area contributed by atoms with Crippen molar-refractivity contribution in [2.75, 3.05) is 11.9 Å². The minimum Gasteiger partial charge on any atom is -0.508 e. The van der Waals surface area contributed by atoms with Crippen molar-refractivity contribution in [2.45, 2.75) is 32.4 Å². The first-order valence-corrected chi connectivity index (χ1v) is 6.26. The van der Waals surface area contributed by atoms with Gasteiger partial charge in [0.15, 0.2) is 0 Å². The zero-order chi connectivity index (χ0) is 12.0. The number of hydrogen-bond acceptors (Lipinski definition) is 3. The summed E-state index contributed by atoms with van der Waals surface area (Å²) in [5, 5.41) is 12.8. The first kappa shape index (κ1) is 10.9. The highest BCUT2D eigenvalue weighted by atomic mass is 16.5. The molecule has 1 aromatic rings. The first-order valence-electron chi connectivity index (χ1n) is 6.26. The lowest BCUT2D eigenvalue weighted by Gasteiger charge is -2.55. The average molecular weight is 233 g/mol. The molecule has 3 atom stereocenters. The van der Waals surface area contributed by atoms with Crippen LogP contribution in [0.1, 0.15) is 20.3 Å². The van der Waals surface area contributed by atoms with Gasteiger partial charge in [0.1, 0.15) is 5.75 Å². The number of ether oxygens (including phenoxy) is 1. The van der Waals surface area contributed by atoms with Gasteiger partial charge in [-0.05, 0) is 30.7 Å². The number of benzene rings is 1. The Bertz CT molecular complexity index is 413. The standard InChI is InChI=1S/C14H19NO2/c1-14(2)12(11-7-8-17-13(11)14)15-9-3-5-10(16)6-4-9/h3-6,11-13,15-16H,7-8H2,1-2H3. The number of fused-ring (bicyclic) bond motifs is 1. The quantitative estimate of drug-likeness (QED) is 0.771. The Balaban J connectivity index is 1.75. The van der Waals surface area contributed by atoms with E-state index in [1.54, 1.807) is 12.1 Å². The summed E-state index contributed by atoms with van der Waals surface area (Å²) in [6, 6.07) is 7.76. The van der Waals surface area contributed by atoms with Crippen LogP contribution in [0.4, 0.5) is 5.69 Å². The molecule has 2 N–H and O–H groups in total. The highest BCUT2D eigenvalue weighted by molar-refractivity contribution is 5.48. The van der Waals surface area contributed by atoms with Crippen molar-refractivity contribution in [3.8, 4) is 5.75 Å². The summed E-state index contributed by atoms with van der Waals surface area (Å²) >= 11 is 0. The Labute approximate surface area is 102 Å². The molecule has 0 radical (unpaired) electrons. The van der Waals surface area contributed by atoms with E-state index in [4.69, 9.17) is 4.74 Å². The molecule has 0 aromatic heterocycles. The smallest absolute Gasteiger partial charge is 0.115 e. The molecule has 17 heavy (non-hydrogen) atoms. The fraction of sp³-hybridized carbons (Fsp3) is 0.571. The highest BCUT2D eigenvalue weighted by Crippen LogP contribution is 2.53. The summed E-state index contributed by atoms with van der Waals surface area (Å²) in [6.45, 7) is 5.42. The molecule has 1 aromatic carbocycles. The molecular weight excluding hydrogens is 214 g/mol. The Hall–Kier alpha value is -1.22. The maximum Gasteiger partial charge on any atom is 0.115 e. The number of phenolic OH excluding ortho intramolecular Hbond substituents is 1. The minimum absolute atomic E-state index is 0.194. The van der Waals surface area contributed by atoms with E-state index in [1.165, 1.54) is 0 Å². The summed E-state index contributed by atoms with van der Waals surface area (Å²) in [6.07, 6.45) is 1.57. The third-order valence-corrected chi connectivity index (χ3v) is 4.29. The van der Waals surface area contributed by atoms with Crippen molar-refractivity contribution in [2.24, 2.45) is 11.3 Å². The summed E-state index contributed by atoms with van der Waals surface area (Å²) in [5.74, 6) is 0.948. The lowest BCUT2D eigenvalue weighted by molar-refractivity contribution is -0.0923. The molecule has 3 rings (SSSR count). The second-order valence-electron chi connectivity index (χ2n) is 5.73. The Kier molecular flexibility index (Phi) is 2.33. The van der Waals surface area contributed by atoms with Crippen LogP contribution in [0.15, 0.2) is 24.3 Å². The van der Waals surface area contributed by atoms with Gasteiger partial charge >= 0.3 is 0 Å². The van der Waals surface area contributed by atoms with Gasteiger partial charge in [0.05, 0.1) is 6.10 Å². The SMILES string of the molecule is CC1(C)C(Nc2ccc(O)cc2)C2CCOC21. The van der Waals surface area contributed by atoms with Gasteiger partial charge in [-0.15, -0.1) is 0 Å². The maximum atomic E-state index is 9.27. The van der Waals surface area contributed by atoms with Crippen molar-refractivity contribution in [1.82, 2.24) is 0 Å². The third kappa shape index (κ3) is 1.61. The van der Waals surface area contributed by atoms with Crippen LogP contribution in [0, 0.1) is 11.3 Å². The lowest BCUT2D eigenvalue weighted by Crippen LogP contribution is -2.63. The van der Waals surface area contributed by atoms with Gasteiger partial charge in [-0.25, -0.2) is 0 Å². The van der Waals surface area contributed by atoms with Gasteiger partial charge in [-0.1, -0.05) is 13.8 Å². The predicted molar refractivity (Wildman–Crippen MR) is 67.1 cm³/mol. The van der Waals surface area contributed by atoms with E-state index in [2.05, 4.69) is 19.2 Å². The molecule has 0 bridgehead atoms. The van der Waals surface area contributed by atoms with Crippen LogP contribution in [0.25, 0.3) is 0 Å². The summed E-state index contributed by atoms with van der Waals surface area (Å²) in [5.41, 5.74) is 1.27. The van der Waals surface area contributed by atoms with Crippen LogP contribution in [-0.4, -0.2) is 23.9 Å². The van der Waals surface area contributed by atoms with E-state index in [0.29, 0.717) is 23.8 Å². The van der Waals surface area contributed by atoms with Crippen LogP contribution in [0.2, 0.25) is 0 Å². The summed E-state index contributed by atoms with van der Waals surface area (Å²) < 4.78 is 5.77. The predicted octanol–water partition coefficient (Wildman–Crippen LogP) is 2.62. The lowest BCUT2D eigenvalue weighted by atomic mass is 9.57. The van der Waals surface area contributed by atoms with Crippen LogP contribution >= 0.6 is 0 Å². The number of nitrogens with one attached hydrogen (secondary N) is 1. The molecule has 1 aliphatic carbocycles. The molecule has 1 saturated heterocycles. The second kappa shape index (κ2) is 3.64. The molecule has 0 amide bonds. The van der Waals surface area contributed by atoms with Crippen molar-refractivity contribution in [3.63, 3.8) is 0 Å². The molecule has 1 heterocycles. The van der Waals surface area contributed by atoms with Crippen molar-refractivity contribution >= 4 is 5.69 Å². The topological polar surface area (TPSA) is 41.5 Å². The van der Waals surface area contributed by atoms with Crippen molar-refractivity contribution in [1.29, 1.82) is 0 Å². The Morgan fingerprint density at radius 2 is 2.00 bits per heavy atom. The molecule has 92 valence electrons. The molecule has 3 unspecified atom stereocenters. The number of anilines is 1. The van der Waals surface area contributed by atoms with E-state index in [0.717, 1.165) is 18.7 Å². The van der Waals surface area contributed by atoms with Gasteiger partial charge in [0, 0.05) is 29.7 Å². The van der Waals surface area contributed by atoms with E-state index in [1.807, 2.05) is 12.1 Å². The van der Waals surface area contributed by atoms with E-state index in [9.17, 15) is 5.11 Å². The molecular formula is C14H19NO2. The fourth-order valence-electron chi connectivity index (χ4n) is 3.35. The minimum atomic E-state index is 0.194. The van der Waals surface area contributed by atoms with Crippen molar-refractivity contribution < 1.29 is 9.84 Å². The molecule has 3 heteroatoms. The van der Waals surface area contributed by atoms with Gasteiger partial charge < -0.3 is 15.2 Å². The second-order valence-corrected chi connectivity index (χ2v) is 5.73. The Morgan fingerprint density at radius 3 is 2.71 bits per heavy atom. The van der Waals surface area contributed by atoms with Gasteiger partial charge in [-0.2, -0.15) is 0 Å². The molecule has 2 fully saturated rings. The van der Waals surface area contributed by atoms with Gasteiger partial charge in [-0.3, -0.25) is 0 Å². The average Bonchev–Trinajstić information content (AvgIpc) is 2.75. The van der Waals surface area contributed by atoms with Gasteiger partial charge in [0.25, 0.3) is 0 Å². The van der Waals surface area contributed by atoms with E-state index in [-0.39, 0.29) is 5.41 Å². The number of hydrogen-bond donors (Lipinski definition) is 2.